The Bertz CT molecular complexity index is 652. The highest BCUT2D eigenvalue weighted by atomic mass is 127. The fourth-order valence-electron chi connectivity index (χ4n) is 1.42. The molecule has 1 amide bonds. The van der Waals surface area contributed by atoms with Crippen molar-refractivity contribution < 1.29 is 9.90 Å². The summed E-state index contributed by atoms with van der Waals surface area (Å²) in [5.41, 5.74) is 0.238. The van der Waals surface area contributed by atoms with Gasteiger partial charge in [0.15, 0.2) is 5.88 Å². The van der Waals surface area contributed by atoms with Gasteiger partial charge in [-0.2, -0.15) is 0 Å². The van der Waals surface area contributed by atoms with Crippen molar-refractivity contribution in [1.82, 2.24) is 4.98 Å². The van der Waals surface area contributed by atoms with E-state index in [-0.39, 0.29) is 11.4 Å². The molecule has 1 heterocycles. The number of pyridine rings is 1. The molecule has 0 spiro atoms. The Kier molecular flexibility index (Phi) is 3.66. The van der Waals surface area contributed by atoms with E-state index in [9.17, 15) is 14.7 Å². The highest BCUT2D eigenvalue weighted by molar-refractivity contribution is 14.1. The Hall–Kier alpha value is -1.83. The Labute approximate surface area is 116 Å². The minimum Gasteiger partial charge on any atom is -0.494 e. The second-order valence-electron chi connectivity index (χ2n) is 3.55. The molecule has 0 bridgehead atoms. The maximum absolute atomic E-state index is 11.9. The molecule has 0 aliphatic carbocycles. The van der Waals surface area contributed by atoms with Crippen LogP contribution < -0.4 is 10.9 Å². The topological polar surface area (TPSA) is 82.2 Å². The summed E-state index contributed by atoms with van der Waals surface area (Å²) in [7, 11) is 0. The summed E-state index contributed by atoms with van der Waals surface area (Å²) in [6.07, 6.45) is 0. The number of nitrogens with one attached hydrogen (secondary N) is 2. The van der Waals surface area contributed by atoms with Gasteiger partial charge in [0.05, 0.1) is 11.3 Å². The lowest BCUT2D eigenvalue weighted by atomic mass is 10.2. The quantitative estimate of drug-likeness (QED) is 0.720. The van der Waals surface area contributed by atoms with E-state index >= 15 is 0 Å². The minimum atomic E-state index is -0.525. The summed E-state index contributed by atoms with van der Waals surface area (Å²) in [5.74, 6) is -0.782. The van der Waals surface area contributed by atoms with E-state index in [1.54, 1.807) is 12.1 Å². The normalized spacial score (nSPS) is 10.1. The molecular weight excluding hydrogens is 347 g/mol. The average Bonchev–Trinajstić information content (AvgIpc) is 2.31. The van der Waals surface area contributed by atoms with Crippen molar-refractivity contribution in [2.75, 3.05) is 5.32 Å². The number of halogens is 1. The van der Waals surface area contributed by atoms with Crippen molar-refractivity contribution in [3.05, 3.63) is 55.9 Å². The zero-order valence-corrected chi connectivity index (χ0v) is 11.3. The number of rotatable bonds is 2. The number of carbonyl (C=O) groups excluding carboxylic acids is 1. The van der Waals surface area contributed by atoms with Gasteiger partial charge in [0.25, 0.3) is 11.5 Å². The third-order valence-corrected chi connectivity index (χ3v) is 3.16. The third-order valence-electron chi connectivity index (χ3n) is 2.21. The van der Waals surface area contributed by atoms with E-state index in [2.05, 4.69) is 32.9 Å². The number of amides is 1. The summed E-state index contributed by atoms with van der Waals surface area (Å²) in [4.78, 5) is 25.2. The van der Waals surface area contributed by atoms with E-state index in [1.165, 1.54) is 6.07 Å². The predicted molar refractivity (Wildman–Crippen MR) is 75.8 cm³/mol. The molecule has 3 N–H and O–H groups in total. The monoisotopic (exact) mass is 356 g/mol. The molecule has 0 saturated carbocycles. The lowest BCUT2D eigenvalue weighted by Gasteiger charge is -2.07. The van der Waals surface area contributed by atoms with Gasteiger partial charge in [-0.1, -0.05) is 12.1 Å². The molecule has 0 unspecified atom stereocenters. The zero-order valence-electron chi connectivity index (χ0n) is 9.11. The van der Waals surface area contributed by atoms with Crippen LogP contribution in [0.1, 0.15) is 10.4 Å². The summed E-state index contributed by atoms with van der Waals surface area (Å²) < 4.78 is 0.887. The molecule has 2 aromatic rings. The largest absolute Gasteiger partial charge is 0.494 e. The van der Waals surface area contributed by atoms with Gasteiger partial charge in [0, 0.05) is 15.7 Å². The number of aromatic amines is 1. The molecule has 0 radical (unpaired) electrons. The molecule has 92 valence electrons. The van der Waals surface area contributed by atoms with E-state index in [0.717, 1.165) is 9.64 Å². The van der Waals surface area contributed by atoms with Crippen LogP contribution in [0.4, 0.5) is 5.69 Å². The van der Waals surface area contributed by atoms with Crippen LogP contribution in [0.3, 0.4) is 0 Å². The Morgan fingerprint density at radius 1 is 1.28 bits per heavy atom. The third kappa shape index (κ3) is 2.89. The lowest BCUT2D eigenvalue weighted by molar-refractivity contribution is 0.102. The van der Waals surface area contributed by atoms with Crippen LogP contribution in [0.15, 0.2) is 41.2 Å². The molecule has 5 nitrogen and oxygen atoms in total. The van der Waals surface area contributed by atoms with Gasteiger partial charge in [-0.3, -0.25) is 14.6 Å². The maximum Gasteiger partial charge on any atom is 0.256 e. The summed E-state index contributed by atoms with van der Waals surface area (Å²) in [6, 6.07) is 9.60. The van der Waals surface area contributed by atoms with Crippen LogP contribution in [0.25, 0.3) is 0 Å². The van der Waals surface area contributed by atoms with E-state index in [1.807, 2.05) is 12.1 Å². The number of carbonyl (C=O) groups is 1. The second-order valence-corrected chi connectivity index (χ2v) is 4.71. The van der Waals surface area contributed by atoms with Crippen LogP contribution in [0.2, 0.25) is 0 Å². The van der Waals surface area contributed by atoms with Crippen molar-refractivity contribution in [1.29, 1.82) is 0 Å². The Balaban J connectivity index is 2.28. The number of benzene rings is 1. The molecule has 6 heteroatoms. The van der Waals surface area contributed by atoms with Crippen molar-refractivity contribution in [2.45, 2.75) is 0 Å². The number of hydrogen-bond donors (Lipinski definition) is 3. The average molecular weight is 356 g/mol. The second kappa shape index (κ2) is 5.21. The molecule has 1 aromatic carbocycles. The Morgan fingerprint density at radius 2 is 2.00 bits per heavy atom. The van der Waals surface area contributed by atoms with Crippen molar-refractivity contribution in [2.24, 2.45) is 0 Å². The van der Waals surface area contributed by atoms with Crippen molar-refractivity contribution >= 4 is 34.2 Å². The molecule has 1 aromatic heterocycles. The number of hydrogen-bond acceptors (Lipinski definition) is 3. The molecule has 18 heavy (non-hydrogen) atoms. The van der Waals surface area contributed by atoms with Crippen LogP contribution in [0.5, 0.6) is 5.88 Å². The fourth-order valence-corrected chi connectivity index (χ4v) is 1.94. The number of para-hydroxylation sites is 1. The van der Waals surface area contributed by atoms with Gasteiger partial charge in [-0.05, 0) is 34.7 Å². The SMILES string of the molecule is O=C(Nc1ccccc1I)c1cc(O)[nH]c(=O)c1. The van der Waals surface area contributed by atoms with Crippen LogP contribution in [-0.4, -0.2) is 16.0 Å². The van der Waals surface area contributed by atoms with Crippen LogP contribution in [-0.2, 0) is 0 Å². The van der Waals surface area contributed by atoms with Crippen LogP contribution >= 0.6 is 22.6 Å². The first kappa shape index (κ1) is 12.6. The molecule has 0 aliphatic heterocycles. The van der Waals surface area contributed by atoms with Gasteiger partial charge >= 0.3 is 0 Å². The fraction of sp³-hybridized carbons (Fsp3) is 0. The van der Waals surface area contributed by atoms with E-state index in [0.29, 0.717) is 5.69 Å². The predicted octanol–water partition coefficient (Wildman–Crippen LogP) is 1.94. The first-order chi connectivity index (χ1) is 8.56. The van der Waals surface area contributed by atoms with Crippen molar-refractivity contribution in [3.8, 4) is 5.88 Å². The summed E-state index contributed by atoms with van der Waals surface area (Å²) in [6.45, 7) is 0. The number of anilines is 1. The number of H-pyrrole nitrogens is 1. The highest BCUT2D eigenvalue weighted by Gasteiger charge is 2.09. The van der Waals surface area contributed by atoms with Gasteiger partial charge in [-0.15, -0.1) is 0 Å². The van der Waals surface area contributed by atoms with E-state index < -0.39 is 11.5 Å². The maximum atomic E-state index is 11.9. The number of aromatic nitrogens is 1. The van der Waals surface area contributed by atoms with Crippen LogP contribution in [0, 0.1) is 3.57 Å². The summed E-state index contributed by atoms with van der Waals surface area (Å²) >= 11 is 2.09. The molecule has 0 aliphatic rings. The first-order valence-corrected chi connectivity index (χ1v) is 6.13. The molecular formula is C12H9IN2O3. The first-order valence-electron chi connectivity index (χ1n) is 5.05. The molecule has 2 rings (SSSR count). The summed E-state index contributed by atoms with van der Waals surface area (Å²) in [5, 5.41) is 11.9. The van der Waals surface area contributed by atoms with Crippen molar-refractivity contribution in [3.63, 3.8) is 0 Å². The standard InChI is InChI=1S/C12H9IN2O3/c13-8-3-1-2-4-9(8)14-12(18)7-5-10(16)15-11(17)6-7/h1-6H,(H,14,18)(H2,15,16,17). The Morgan fingerprint density at radius 3 is 2.67 bits per heavy atom. The zero-order chi connectivity index (χ0) is 13.1. The molecule has 0 fully saturated rings. The van der Waals surface area contributed by atoms with Gasteiger partial charge < -0.3 is 10.4 Å². The van der Waals surface area contributed by atoms with Gasteiger partial charge in [0.1, 0.15) is 0 Å². The smallest absolute Gasteiger partial charge is 0.256 e. The molecule has 0 atom stereocenters. The number of aromatic hydroxyl groups is 1. The lowest BCUT2D eigenvalue weighted by Crippen LogP contribution is -2.16. The van der Waals surface area contributed by atoms with Gasteiger partial charge in [-0.25, -0.2) is 0 Å². The highest BCUT2D eigenvalue weighted by Crippen LogP contribution is 2.18. The minimum absolute atomic E-state index is 0.107. The molecule has 0 saturated heterocycles. The van der Waals surface area contributed by atoms with E-state index in [4.69, 9.17) is 0 Å². The van der Waals surface area contributed by atoms with Gasteiger partial charge in [0.2, 0.25) is 0 Å².